The number of hydrogen-bond acceptors (Lipinski definition) is 5. The highest BCUT2D eigenvalue weighted by atomic mass is 79.9. The Bertz CT molecular complexity index is 1220. The summed E-state index contributed by atoms with van der Waals surface area (Å²) in [5.74, 6) is 0.953. The van der Waals surface area contributed by atoms with E-state index >= 15 is 0 Å². The molecule has 3 aromatic rings. The minimum Gasteiger partial charge on any atom is -0.494 e. The maximum Gasteiger partial charge on any atom is 0.264 e. The molecule has 0 bridgehead atoms. The fraction of sp³-hybridized carbons (Fsp3) is 0.240. The SMILES string of the molecule is CCOc1ccc(N(CC(=O)NCCSCc2ccccc2F)S(=O)(=O)c2ccc(Br)cc2)cc1. The van der Waals surface area contributed by atoms with E-state index in [0.717, 1.165) is 8.78 Å². The van der Waals surface area contributed by atoms with Crippen LogP contribution >= 0.6 is 27.7 Å². The van der Waals surface area contributed by atoms with E-state index in [9.17, 15) is 17.6 Å². The first-order valence-corrected chi connectivity index (χ1v) is 14.3. The molecule has 0 aromatic heterocycles. The van der Waals surface area contributed by atoms with Crippen molar-refractivity contribution < 1.29 is 22.3 Å². The zero-order valence-corrected chi connectivity index (χ0v) is 22.3. The lowest BCUT2D eigenvalue weighted by Gasteiger charge is -2.24. The van der Waals surface area contributed by atoms with E-state index in [2.05, 4.69) is 21.2 Å². The number of benzene rings is 3. The summed E-state index contributed by atoms with van der Waals surface area (Å²) < 4.78 is 47.8. The van der Waals surface area contributed by atoms with Crippen molar-refractivity contribution in [2.24, 2.45) is 0 Å². The molecule has 0 saturated heterocycles. The number of amides is 1. The second kappa shape index (κ2) is 12.9. The Labute approximate surface area is 218 Å². The van der Waals surface area contributed by atoms with Crippen molar-refractivity contribution in [1.29, 1.82) is 0 Å². The highest BCUT2D eigenvalue weighted by Gasteiger charge is 2.27. The number of rotatable bonds is 12. The minimum absolute atomic E-state index is 0.0721. The predicted octanol–water partition coefficient (Wildman–Crippen LogP) is 5.23. The molecule has 3 rings (SSSR count). The summed E-state index contributed by atoms with van der Waals surface area (Å²) in [6.07, 6.45) is 0. The number of nitrogens with zero attached hydrogens (tertiary/aromatic N) is 1. The molecule has 35 heavy (non-hydrogen) atoms. The van der Waals surface area contributed by atoms with Gasteiger partial charge in [-0.15, -0.1) is 0 Å². The third-order valence-electron chi connectivity index (χ3n) is 4.91. The van der Waals surface area contributed by atoms with Crippen molar-refractivity contribution in [3.05, 3.63) is 88.6 Å². The molecule has 0 atom stereocenters. The third-order valence-corrected chi connectivity index (χ3v) is 8.23. The normalized spacial score (nSPS) is 11.2. The Hall–Kier alpha value is -2.56. The van der Waals surface area contributed by atoms with Crippen LogP contribution in [0.15, 0.2) is 82.2 Å². The van der Waals surface area contributed by atoms with E-state index in [1.807, 2.05) is 6.92 Å². The van der Waals surface area contributed by atoms with Crippen molar-refractivity contribution in [3.63, 3.8) is 0 Å². The summed E-state index contributed by atoms with van der Waals surface area (Å²) in [4.78, 5) is 12.8. The molecular weight excluding hydrogens is 555 g/mol. The Morgan fingerprint density at radius 2 is 1.74 bits per heavy atom. The Morgan fingerprint density at radius 3 is 2.40 bits per heavy atom. The van der Waals surface area contributed by atoms with Gasteiger partial charge in [-0.1, -0.05) is 34.1 Å². The number of nitrogens with one attached hydrogen (secondary N) is 1. The van der Waals surface area contributed by atoms with Gasteiger partial charge in [-0.25, -0.2) is 12.8 Å². The van der Waals surface area contributed by atoms with Gasteiger partial charge < -0.3 is 10.1 Å². The lowest BCUT2D eigenvalue weighted by Crippen LogP contribution is -2.41. The van der Waals surface area contributed by atoms with E-state index < -0.39 is 15.9 Å². The number of carbonyl (C=O) groups excluding carboxylic acids is 1. The van der Waals surface area contributed by atoms with Crippen LogP contribution in [0.5, 0.6) is 5.75 Å². The van der Waals surface area contributed by atoms with Gasteiger partial charge in [0.2, 0.25) is 5.91 Å². The van der Waals surface area contributed by atoms with E-state index in [1.54, 1.807) is 54.6 Å². The zero-order valence-electron chi connectivity index (χ0n) is 19.1. The molecule has 1 N–H and O–H groups in total. The average molecular weight is 582 g/mol. The molecule has 1 amide bonds. The monoisotopic (exact) mass is 580 g/mol. The number of ether oxygens (including phenoxy) is 1. The molecule has 0 heterocycles. The Kier molecular flexibility index (Phi) is 10.00. The van der Waals surface area contributed by atoms with Crippen molar-refractivity contribution >= 4 is 49.3 Å². The molecule has 6 nitrogen and oxygen atoms in total. The Balaban J connectivity index is 1.67. The van der Waals surface area contributed by atoms with Gasteiger partial charge in [0.25, 0.3) is 10.0 Å². The lowest BCUT2D eigenvalue weighted by molar-refractivity contribution is -0.119. The van der Waals surface area contributed by atoms with Gasteiger partial charge in [0.1, 0.15) is 18.1 Å². The molecule has 3 aromatic carbocycles. The number of thioether (sulfide) groups is 1. The van der Waals surface area contributed by atoms with Gasteiger partial charge in [-0.05, 0) is 67.1 Å². The predicted molar refractivity (Wildman–Crippen MR) is 142 cm³/mol. The first-order chi connectivity index (χ1) is 16.8. The van der Waals surface area contributed by atoms with Gasteiger partial charge >= 0.3 is 0 Å². The van der Waals surface area contributed by atoms with Crippen LogP contribution < -0.4 is 14.4 Å². The maximum atomic E-state index is 13.7. The smallest absolute Gasteiger partial charge is 0.264 e. The highest BCUT2D eigenvalue weighted by Crippen LogP contribution is 2.26. The summed E-state index contributed by atoms with van der Waals surface area (Å²) in [6, 6.07) is 19.4. The largest absolute Gasteiger partial charge is 0.494 e. The quantitative estimate of drug-likeness (QED) is 0.297. The van der Waals surface area contributed by atoms with E-state index in [0.29, 0.717) is 41.7 Å². The van der Waals surface area contributed by atoms with Gasteiger partial charge in [-0.2, -0.15) is 11.8 Å². The fourth-order valence-corrected chi connectivity index (χ4v) is 5.70. The first kappa shape index (κ1) is 27.0. The minimum atomic E-state index is -4.00. The molecule has 0 saturated carbocycles. The topological polar surface area (TPSA) is 75.7 Å². The molecule has 0 aliphatic rings. The summed E-state index contributed by atoms with van der Waals surface area (Å²) in [6.45, 7) is 2.28. The fourth-order valence-electron chi connectivity index (χ4n) is 3.17. The molecule has 0 aliphatic carbocycles. The van der Waals surface area contributed by atoms with Crippen LogP contribution in [-0.4, -0.2) is 39.8 Å². The molecule has 0 aliphatic heterocycles. The molecule has 0 spiro atoms. The number of anilines is 1. The highest BCUT2D eigenvalue weighted by molar-refractivity contribution is 9.10. The first-order valence-electron chi connectivity index (χ1n) is 10.9. The zero-order chi connectivity index (χ0) is 25.3. The van der Waals surface area contributed by atoms with Crippen molar-refractivity contribution in [1.82, 2.24) is 5.32 Å². The van der Waals surface area contributed by atoms with Gasteiger partial charge in [0, 0.05) is 22.5 Å². The molecule has 186 valence electrons. The van der Waals surface area contributed by atoms with Crippen LogP contribution in [0.4, 0.5) is 10.1 Å². The van der Waals surface area contributed by atoms with Crippen LogP contribution in [0.25, 0.3) is 0 Å². The molecular formula is C25H26BrFN2O4S2. The van der Waals surface area contributed by atoms with Gasteiger partial charge in [0.15, 0.2) is 0 Å². The number of halogens is 2. The molecule has 0 unspecified atom stereocenters. The number of hydrogen-bond donors (Lipinski definition) is 1. The van der Waals surface area contributed by atoms with Gasteiger partial charge in [-0.3, -0.25) is 9.10 Å². The average Bonchev–Trinajstić information content (AvgIpc) is 2.84. The second-order valence-corrected chi connectivity index (χ2v) is 11.3. The summed E-state index contributed by atoms with van der Waals surface area (Å²) in [5.41, 5.74) is 0.951. The third kappa shape index (κ3) is 7.71. The van der Waals surface area contributed by atoms with Crippen LogP contribution in [-0.2, 0) is 20.6 Å². The van der Waals surface area contributed by atoms with Crippen molar-refractivity contribution in [2.45, 2.75) is 17.6 Å². The van der Waals surface area contributed by atoms with Crippen molar-refractivity contribution in [3.8, 4) is 5.75 Å². The van der Waals surface area contributed by atoms with E-state index in [1.165, 1.54) is 30.0 Å². The van der Waals surface area contributed by atoms with Crippen molar-refractivity contribution in [2.75, 3.05) is 29.8 Å². The second-order valence-electron chi connectivity index (χ2n) is 7.39. The van der Waals surface area contributed by atoms with Crippen LogP contribution in [0.3, 0.4) is 0 Å². The van der Waals surface area contributed by atoms with E-state index in [4.69, 9.17) is 4.74 Å². The van der Waals surface area contributed by atoms with Crippen LogP contribution in [0, 0.1) is 5.82 Å². The Morgan fingerprint density at radius 1 is 1.06 bits per heavy atom. The molecule has 0 radical (unpaired) electrons. The standard InChI is InChI=1S/C25H26BrFN2O4S2/c1-2-33-22-11-9-21(10-12-22)29(35(31,32)23-13-7-20(26)8-14-23)17-25(30)28-15-16-34-18-19-5-3-4-6-24(19)27/h3-14H,2,15-18H2,1H3,(H,28,30). The molecule has 10 heteroatoms. The molecule has 0 fully saturated rings. The summed E-state index contributed by atoms with van der Waals surface area (Å²) in [7, 11) is -4.00. The maximum absolute atomic E-state index is 13.7. The van der Waals surface area contributed by atoms with Gasteiger partial charge in [0.05, 0.1) is 17.2 Å². The number of carbonyl (C=O) groups is 1. The van der Waals surface area contributed by atoms with E-state index in [-0.39, 0.29) is 17.3 Å². The summed E-state index contributed by atoms with van der Waals surface area (Å²) in [5, 5.41) is 2.76. The van der Waals surface area contributed by atoms with Crippen LogP contribution in [0.2, 0.25) is 0 Å². The van der Waals surface area contributed by atoms with Crippen LogP contribution in [0.1, 0.15) is 12.5 Å². The summed E-state index contributed by atoms with van der Waals surface area (Å²) >= 11 is 4.79. The number of sulfonamides is 1. The lowest BCUT2D eigenvalue weighted by atomic mass is 10.2.